The first-order valence-corrected chi connectivity index (χ1v) is 9.81. The maximum absolute atomic E-state index is 13.1. The van der Waals surface area contributed by atoms with E-state index in [1.807, 2.05) is 13.8 Å². The van der Waals surface area contributed by atoms with Crippen molar-refractivity contribution in [2.45, 2.75) is 45.4 Å². The van der Waals surface area contributed by atoms with Crippen molar-refractivity contribution >= 4 is 29.1 Å². The molecule has 1 N–H and O–H groups in total. The highest BCUT2D eigenvalue weighted by molar-refractivity contribution is 6.25. The van der Waals surface area contributed by atoms with E-state index in [4.69, 9.17) is 4.74 Å². The number of ether oxygens (including phenoxy) is 1. The zero-order chi connectivity index (χ0) is 20.4. The van der Waals surface area contributed by atoms with Crippen LogP contribution in [0.15, 0.2) is 12.4 Å². The molecule has 5 rings (SSSR count). The summed E-state index contributed by atoms with van der Waals surface area (Å²) in [7, 11) is 1.78. The Kier molecular flexibility index (Phi) is 3.89. The Morgan fingerprint density at radius 2 is 1.83 bits per heavy atom. The molecule has 152 valence electrons. The van der Waals surface area contributed by atoms with Gasteiger partial charge in [-0.2, -0.15) is 10.2 Å². The number of hydrogen-bond acceptors (Lipinski definition) is 6. The highest BCUT2D eigenvalue weighted by Crippen LogP contribution is 2.49. The number of nitrogens with one attached hydrogen (secondary N) is 1. The van der Waals surface area contributed by atoms with E-state index >= 15 is 0 Å². The summed E-state index contributed by atoms with van der Waals surface area (Å²) in [6, 6.07) is 0. The van der Waals surface area contributed by atoms with Crippen molar-refractivity contribution in [1.82, 2.24) is 19.6 Å². The summed E-state index contributed by atoms with van der Waals surface area (Å²) in [5.41, 5.74) is 1.77. The Bertz CT molecular complexity index is 1010. The Labute approximate surface area is 166 Å². The Morgan fingerprint density at radius 3 is 2.38 bits per heavy atom. The summed E-state index contributed by atoms with van der Waals surface area (Å²) in [5.74, 6) is -1.94. The third-order valence-corrected chi connectivity index (χ3v) is 6.34. The molecule has 4 atom stereocenters. The van der Waals surface area contributed by atoms with E-state index < -0.39 is 17.7 Å². The number of carbonyl (C=O) groups excluding carboxylic acids is 3. The zero-order valence-corrected chi connectivity index (χ0v) is 16.5. The van der Waals surface area contributed by atoms with Gasteiger partial charge in [0, 0.05) is 13.6 Å². The van der Waals surface area contributed by atoms with Crippen LogP contribution < -0.4 is 10.2 Å². The number of hydrogen-bond donors (Lipinski definition) is 1. The second-order valence-electron chi connectivity index (χ2n) is 7.77. The van der Waals surface area contributed by atoms with Crippen molar-refractivity contribution in [3.63, 3.8) is 0 Å². The summed E-state index contributed by atoms with van der Waals surface area (Å²) < 4.78 is 8.93. The number of anilines is 2. The molecule has 0 unspecified atom stereocenters. The molecular formula is C19H22N6O4. The van der Waals surface area contributed by atoms with Gasteiger partial charge in [0.15, 0.2) is 5.69 Å². The van der Waals surface area contributed by atoms with Crippen molar-refractivity contribution < 1.29 is 19.1 Å². The van der Waals surface area contributed by atoms with Crippen LogP contribution in [0.25, 0.3) is 0 Å². The van der Waals surface area contributed by atoms with Gasteiger partial charge in [0.2, 0.25) is 11.8 Å². The molecular weight excluding hydrogens is 376 g/mol. The topological polar surface area (TPSA) is 111 Å². The van der Waals surface area contributed by atoms with Gasteiger partial charge in [0.05, 0.1) is 47.8 Å². The van der Waals surface area contributed by atoms with E-state index in [9.17, 15) is 14.4 Å². The highest BCUT2D eigenvalue weighted by atomic mass is 16.5. The summed E-state index contributed by atoms with van der Waals surface area (Å²) in [5, 5.41) is 11.2. The van der Waals surface area contributed by atoms with E-state index in [0.29, 0.717) is 12.2 Å². The number of imide groups is 1. The maximum atomic E-state index is 13.1. The average molecular weight is 398 g/mol. The third-order valence-electron chi connectivity index (χ3n) is 6.34. The summed E-state index contributed by atoms with van der Waals surface area (Å²) in [6.07, 6.45) is 4.16. The fraction of sp³-hybridized carbons (Fsp3) is 0.526. The van der Waals surface area contributed by atoms with Gasteiger partial charge in [-0.05, 0) is 26.7 Å². The summed E-state index contributed by atoms with van der Waals surface area (Å²) in [6.45, 7) is 4.11. The molecule has 3 aliphatic rings. The lowest BCUT2D eigenvalue weighted by Crippen LogP contribution is -2.35. The highest BCUT2D eigenvalue weighted by Gasteiger charge is 2.63. The molecule has 2 aromatic heterocycles. The van der Waals surface area contributed by atoms with Crippen LogP contribution in [-0.2, 0) is 27.9 Å². The van der Waals surface area contributed by atoms with Gasteiger partial charge in [-0.3, -0.25) is 23.7 Å². The fourth-order valence-electron chi connectivity index (χ4n) is 4.76. The van der Waals surface area contributed by atoms with Crippen LogP contribution in [0.3, 0.4) is 0 Å². The first-order chi connectivity index (χ1) is 13.9. The third kappa shape index (κ3) is 2.41. The van der Waals surface area contributed by atoms with Crippen molar-refractivity contribution in [3.8, 4) is 0 Å². The summed E-state index contributed by atoms with van der Waals surface area (Å²) >= 11 is 0. The van der Waals surface area contributed by atoms with E-state index in [0.717, 1.165) is 23.4 Å². The molecule has 3 aliphatic heterocycles. The molecule has 3 saturated heterocycles. The van der Waals surface area contributed by atoms with Gasteiger partial charge in [0.25, 0.3) is 5.91 Å². The van der Waals surface area contributed by atoms with E-state index in [1.165, 1.54) is 10.9 Å². The van der Waals surface area contributed by atoms with Crippen LogP contribution in [0.5, 0.6) is 0 Å². The van der Waals surface area contributed by atoms with Gasteiger partial charge in [-0.15, -0.1) is 0 Å². The molecule has 0 spiro atoms. The molecule has 0 aromatic carbocycles. The molecule has 5 heterocycles. The lowest BCUT2D eigenvalue weighted by molar-refractivity contribution is -0.124. The molecule has 2 bridgehead atoms. The number of carbonyl (C=O) groups is 3. The quantitative estimate of drug-likeness (QED) is 0.765. The van der Waals surface area contributed by atoms with Gasteiger partial charge >= 0.3 is 0 Å². The van der Waals surface area contributed by atoms with Gasteiger partial charge < -0.3 is 10.1 Å². The largest absolute Gasteiger partial charge is 0.373 e. The normalized spacial score (nSPS) is 27.8. The first-order valence-electron chi connectivity index (χ1n) is 9.81. The predicted octanol–water partition coefficient (Wildman–Crippen LogP) is 0.864. The van der Waals surface area contributed by atoms with E-state index in [1.54, 1.807) is 17.9 Å². The number of fused-ring (bicyclic) bond motifs is 5. The number of aromatic nitrogens is 4. The predicted molar refractivity (Wildman–Crippen MR) is 101 cm³/mol. The fourth-order valence-corrected chi connectivity index (χ4v) is 4.76. The molecule has 0 radical (unpaired) electrons. The number of nitrogens with zero attached hydrogens (tertiary/aromatic N) is 5. The molecule has 10 heteroatoms. The van der Waals surface area contributed by atoms with Crippen molar-refractivity contribution in [3.05, 3.63) is 23.8 Å². The number of rotatable bonds is 4. The number of aryl methyl sites for hydroxylation is 2. The van der Waals surface area contributed by atoms with Crippen LogP contribution in [0, 0.1) is 18.8 Å². The molecule has 2 aromatic rings. The zero-order valence-electron chi connectivity index (χ0n) is 16.5. The average Bonchev–Trinajstić information content (AvgIpc) is 3.49. The molecule has 29 heavy (non-hydrogen) atoms. The van der Waals surface area contributed by atoms with Gasteiger partial charge in [-0.1, -0.05) is 0 Å². The smallest absolute Gasteiger partial charge is 0.276 e. The summed E-state index contributed by atoms with van der Waals surface area (Å²) in [4.78, 5) is 40.5. The maximum Gasteiger partial charge on any atom is 0.276 e. The first kappa shape index (κ1) is 18.0. The van der Waals surface area contributed by atoms with E-state index in [-0.39, 0.29) is 35.4 Å². The minimum atomic E-state index is -0.456. The Morgan fingerprint density at radius 1 is 1.17 bits per heavy atom. The van der Waals surface area contributed by atoms with Crippen molar-refractivity contribution in [2.24, 2.45) is 18.9 Å². The van der Waals surface area contributed by atoms with Crippen molar-refractivity contribution in [2.75, 3.05) is 10.2 Å². The lowest BCUT2D eigenvalue weighted by atomic mass is 9.81. The number of amides is 3. The van der Waals surface area contributed by atoms with Crippen LogP contribution in [0.2, 0.25) is 0 Å². The van der Waals surface area contributed by atoms with Crippen LogP contribution in [0.4, 0.5) is 11.4 Å². The van der Waals surface area contributed by atoms with Gasteiger partial charge in [0.1, 0.15) is 5.69 Å². The molecule has 10 nitrogen and oxygen atoms in total. The second-order valence-corrected chi connectivity index (χ2v) is 7.77. The Hall–Kier alpha value is -3.01. The van der Waals surface area contributed by atoms with Crippen LogP contribution >= 0.6 is 0 Å². The molecule has 0 aliphatic carbocycles. The minimum Gasteiger partial charge on any atom is -0.373 e. The Balaban J connectivity index is 1.51. The van der Waals surface area contributed by atoms with E-state index in [2.05, 4.69) is 15.5 Å². The van der Waals surface area contributed by atoms with Crippen LogP contribution in [-0.4, -0.2) is 49.5 Å². The molecule has 3 amide bonds. The van der Waals surface area contributed by atoms with Gasteiger partial charge in [-0.25, -0.2) is 4.90 Å². The van der Waals surface area contributed by atoms with Crippen LogP contribution in [0.1, 0.15) is 35.9 Å². The molecule has 0 saturated carbocycles. The molecule has 3 fully saturated rings. The minimum absolute atomic E-state index is 0.186. The SMILES string of the molecule is CCn1ncc(N2C(=O)[C@@H]3[C@@H](C2=O)[C@H]2CC[C@@H]3O2)c1C(=O)Nc1cnn(C)c1C. The lowest BCUT2D eigenvalue weighted by Gasteiger charge is -2.18. The monoisotopic (exact) mass is 398 g/mol. The standard InChI is InChI=1S/C19H22N6O4/c1-4-24-16(17(26)22-10-7-20-23(3)9(10)2)11(8-21-24)25-18(27)14-12-5-6-13(29-12)15(14)19(25)28/h7-8,12-15H,4-6H2,1-3H3,(H,22,26)/t12-,13+,14-,15-/m0/s1. The second kappa shape index (κ2) is 6.24. The van der Waals surface area contributed by atoms with Crippen molar-refractivity contribution in [1.29, 1.82) is 0 Å².